The molecule has 298 valence electrons. The van der Waals surface area contributed by atoms with Gasteiger partial charge in [0.15, 0.2) is 0 Å². The lowest BCUT2D eigenvalue weighted by Crippen LogP contribution is -2.51. The van der Waals surface area contributed by atoms with Gasteiger partial charge in [0.1, 0.15) is 12.2 Å². The maximum Gasteiger partial charge on any atom is 0.328 e. The van der Waals surface area contributed by atoms with Gasteiger partial charge in [0.2, 0.25) is 5.91 Å². The number of carbonyl (C=O) groups excluding carboxylic acids is 4. The molecular weight excluding hydrogens is 707 g/mol. The summed E-state index contributed by atoms with van der Waals surface area (Å²) in [6.45, 7) is 8.08. The molecule has 2 aliphatic heterocycles. The molecule has 0 spiro atoms. The summed E-state index contributed by atoms with van der Waals surface area (Å²) in [5.74, 6) is -1.28. The molecule has 2 atom stereocenters. The zero-order valence-electron chi connectivity index (χ0n) is 33.4. The van der Waals surface area contributed by atoms with Crippen LogP contribution in [-0.4, -0.2) is 79.7 Å². The van der Waals surface area contributed by atoms with E-state index in [4.69, 9.17) is 9.47 Å². The number of aryl methyl sites for hydroxylation is 1. The Morgan fingerprint density at radius 3 is 2.36 bits per heavy atom. The first-order valence-electron chi connectivity index (χ1n) is 20.3. The standard InChI is InChI=1S/C45H57N5O6/c1-5-26-48(27-6-2)33-21-19-32(20-22-33)31-37(45(54)55-4)46-40(51)23-24-41(52)56-30-14-8-7-13-28-49-39-18-12-9-15-34(39)35-25-29-50-43(42(35)49)47(3)38-17-11-10-16-36(38)44(50)53/h9-12,15-22,37,43H,5-8,13-14,23-31H2,1-4H3,(H,46,51)/t37-,43?/m0/s1. The second kappa shape index (κ2) is 19.0. The summed E-state index contributed by atoms with van der Waals surface area (Å²) in [7, 11) is 3.39. The molecule has 1 aromatic heterocycles. The molecule has 0 radical (unpaired) electrons. The van der Waals surface area contributed by atoms with Crippen molar-refractivity contribution in [1.82, 2.24) is 14.8 Å². The number of amides is 2. The lowest BCUT2D eigenvalue weighted by atomic mass is 9.96. The fraction of sp³-hybridized carbons (Fsp3) is 0.467. The van der Waals surface area contributed by atoms with Crippen LogP contribution in [0.15, 0.2) is 72.8 Å². The lowest BCUT2D eigenvalue weighted by molar-refractivity contribution is -0.146. The third kappa shape index (κ3) is 9.03. The van der Waals surface area contributed by atoms with Crippen molar-refractivity contribution in [3.05, 3.63) is 95.2 Å². The molecule has 0 aliphatic carbocycles. The highest BCUT2D eigenvalue weighted by atomic mass is 16.5. The zero-order valence-corrected chi connectivity index (χ0v) is 33.4. The van der Waals surface area contributed by atoms with Crippen molar-refractivity contribution in [3.8, 4) is 0 Å². The number of nitrogens with zero attached hydrogens (tertiary/aromatic N) is 4. The first-order chi connectivity index (χ1) is 27.2. The Hall–Kier alpha value is -5.32. The predicted octanol–water partition coefficient (Wildman–Crippen LogP) is 7.20. The van der Waals surface area contributed by atoms with Crippen LogP contribution in [0.1, 0.15) is 98.6 Å². The largest absolute Gasteiger partial charge is 0.467 e. The summed E-state index contributed by atoms with van der Waals surface area (Å²) in [5, 5.41) is 4.01. The molecule has 56 heavy (non-hydrogen) atoms. The minimum atomic E-state index is -0.853. The van der Waals surface area contributed by atoms with Crippen molar-refractivity contribution in [1.29, 1.82) is 0 Å². The molecule has 1 unspecified atom stereocenters. The summed E-state index contributed by atoms with van der Waals surface area (Å²) in [4.78, 5) is 58.1. The summed E-state index contributed by atoms with van der Waals surface area (Å²) in [6, 6.07) is 23.6. The third-order valence-electron chi connectivity index (χ3n) is 11.0. The molecule has 0 saturated heterocycles. The molecule has 3 heterocycles. The highest BCUT2D eigenvalue weighted by Gasteiger charge is 2.42. The van der Waals surface area contributed by atoms with E-state index in [0.717, 1.165) is 87.1 Å². The highest BCUT2D eigenvalue weighted by molar-refractivity contribution is 6.02. The van der Waals surface area contributed by atoms with Crippen LogP contribution in [-0.2, 0) is 43.2 Å². The van der Waals surface area contributed by atoms with Crippen LogP contribution < -0.4 is 15.1 Å². The van der Waals surface area contributed by atoms with Crippen molar-refractivity contribution in [3.63, 3.8) is 0 Å². The average molecular weight is 764 g/mol. The number of methoxy groups -OCH3 is 1. The van der Waals surface area contributed by atoms with E-state index < -0.39 is 23.9 Å². The Morgan fingerprint density at radius 2 is 1.61 bits per heavy atom. The first kappa shape index (κ1) is 40.3. The topological polar surface area (TPSA) is 113 Å². The van der Waals surface area contributed by atoms with Gasteiger partial charge in [-0.1, -0.05) is 62.7 Å². The Kier molecular flexibility index (Phi) is 13.7. The summed E-state index contributed by atoms with van der Waals surface area (Å²) in [6.07, 6.45) is 6.46. The van der Waals surface area contributed by atoms with Gasteiger partial charge in [-0.25, -0.2) is 4.79 Å². The molecule has 1 N–H and O–H groups in total. The minimum absolute atomic E-state index is 0.0649. The summed E-state index contributed by atoms with van der Waals surface area (Å²) in [5.41, 5.74) is 7.48. The van der Waals surface area contributed by atoms with Crippen molar-refractivity contribution >= 4 is 46.0 Å². The Morgan fingerprint density at radius 1 is 0.893 bits per heavy atom. The molecule has 11 nitrogen and oxygen atoms in total. The van der Waals surface area contributed by atoms with Crippen LogP contribution in [0, 0.1) is 0 Å². The van der Waals surface area contributed by atoms with Gasteiger partial charge in [0, 0.05) is 62.7 Å². The van der Waals surface area contributed by atoms with E-state index in [-0.39, 0.29) is 31.3 Å². The number of unbranched alkanes of at least 4 members (excludes halogenated alkanes) is 3. The average Bonchev–Trinajstić information content (AvgIpc) is 3.54. The van der Waals surface area contributed by atoms with Gasteiger partial charge in [-0.3, -0.25) is 14.4 Å². The number of rotatable bonds is 19. The summed E-state index contributed by atoms with van der Waals surface area (Å²) < 4.78 is 12.8. The molecule has 4 aromatic rings. The molecule has 11 heteroatoms. The van der Waals surface area contributed by atoms with E-state index in [9.17, 15) is 19.2 Å². The van der Waals surface area contributed by atoms with Crippen molar-refractivity contribution in [2.24, 2.45) is 0 Å². The predicted molar refractivity (Wildman–Crippen MR) is 220 cm³/mol. The van der Waals surface area contributed by atoms with Crippen molar-refractivity contribution < 1.29 is 28.7 Å². The van der Waals surface area contributed by atoms with Gasteiger partial charge in [-0.05, 0) is 80.0 Å². The number of anilines is 2. The van der Waals surface area contributed by atoms with E-state index in [1.54, 1.807) is 0 Å². The number of aromatic nitrogens is 1. The fourth-order valence-electron chi connectivity index (χ4n) is 8.34. The zero-order chi connectivity index (χ0) is 39.6. The number of ether oxygens (including phenoxy) is 2. The highest BCUT2D eigenvalue weighted by Crippen LogP contribution is 2.44. The van der Waals surface area contributed by atoms with E-state index >= 15 is 0 Å². The van der Waals surface area contributed by atoms with E-state index in [0.29, 0.717) is 13.2 Å². The number of nitrogens with one attached hydrogen (secondary N) is 1. The van der Waals surface area contributed by atoms with E-state index in [2.05, 4.69) is 77.0 Å². The molecular formula is C45H57N5O6. The first-order valence-corrected chi connectivity index (χ1v) is 20.3. The molecule has 0 saturated carbocycles. The quantitative estimate of drug-likeness (QED) is 0.0789. The maximum atomic E-state index is 13.6. The summed E-state index contributed by atoms with van der Waals surface area (Å²) >= 11 is 0. The number of hydrogen-bond donors (Lipinski definition) is 1. The van der Waals surface area contributed by atoms with E-state index in [1.165, 1.54) is 29.3 Å². The number of esters is 2. The smallest absolute Gasteiger partial charge is 0.328 e. The van der Waals surface area contributed by atoms with Crippen LogP contribution in [0.2, 0.25) is 0 Å². The van der Waals surface area contributed by atoms with Crippen LogP contribution in [0.25, 0.3) is 10.9 Å². The Bertz CT molecular complexity index is 1980. The molecule has 6 rings (SSSR count). The number of carbonyl (C=O) groups is 4. The normalized spacial score (nSPS) is 15.1. The maximum absolute atomic E-state index is 13.6. The van der Waals surface area contributed by atoms with Crippen molar-refractivity contribution in [2.75, 3.05) is 50.2 Å². The monoisotopic (exact) mass is 763 g/mol. The number of benzene rings is 3. The second-order valence-corrected chi connectivity index (χ2v) is 14.9. The Balaban J connectivity index is 0.945. The number of hydrogen-bond acceptors (Lipinski definition) is 8. The van der Waals surface area contributed by atoms with Crippen LogP contribution in [0.4, 0.5) is 11.4 Å². The molecule has 3 aromatic carbocycles. The number of fused-ring (bicyclic) bond motifs is 6. The van der Waals surface area contributed by atoms with Gasteiger partial charge in [0.05, 0.1) is 37.1 Å². The van der Waals surface area contributed by atoms with Crippen molar-refractivity contribution in [2.45, 2.75) is 96.8 Å². The van der Waals surface area contributed by atoms with Gasteiger partial charge in [-0.2, -0.15) is 0 Å². The van der Waals surface area contributed by atoms with E-state index in [1.807, 2.05) is 41.3 Å². The second-order valence-electron chi connectivity index (χ2n) is 14.9. The fourth-order valence-corrected chi connectivity index (χ4v) is 8.34. The minimum Gasteiger partial charge on any atom is -0.467 e. The lowest BCUT2D eigenvalue weighted by Gasteiger charge is -2.46. The molecule has 0 bridgehead atoms. The van der Waals surface area contributed by atoms with Gasteiger partial charge in [0.25, 0.3) is 5.91 Å². The molecule has 0 fully saturated rings. The van der Waals surface area contributed by atoms with Crippen LogP contribution in [0.3, 0.4) is 0 Å². The Labute approximate surface area is 330 Å². The van der Waals surface area contributed by atoms with Crippen LogP contribution in [0.5, 0.6) is 0 Å². The van der Waals surface area contributed by atoms with Crippen LogP contribution >= 0.6 is 0 Å². The number of para-hydroxylation sites is 2. The SMILES string of the molecule is CCCN(CCC)c1ccc(C[C@H](NC(=O)CCC(=O)OCCCCCCn2c3c(c4ccccc42)CCN2C(=O)c4ccccc4N(C)C32)C(=O)OC)cc1. The third-order valence-corrected chi connectivity index (χ3v) is 11.0. The molecule has 2 amide bonds. The van der Waals surface area contributed by atoms with Gasteiger partial charge < -0.3 is 34.1 Å². The molecule has 2 aliphatic rings. The van der Waals surface area contributed by atoms with Gasteiger partial charge >= 0.3 is 11.9 Å². The van der Waals surface area contributed by atoms with Gasteiger partial charge in [-0.15, -0.1) is 0 Å².